The summed E-state index contributed by atoms with van der Waals surface area (Å²) in [4.78, 5) is 27.3. The van der Waals surface area contributed by atoms with E-state index in [2.05, 4.69) is 29.4 Å². The normalized spacial score (nSPS) is 13.4. The van der Waals surface area contributed by atoms with E-state index in [1.54, 1.807) is 18.2 Å². The zero-order chi connectivity index (χ0) is 20.6. The van der Waals surface area contributed by atoms with E-state index in [0.29, 0.717) is 29.5 Å². The summed E-state index contributed by atoms with van der Waals surface area (Å²) < 4.78 is 5.49. The first-order valence-electron chi connectivity index (χ1n) is 10.2. The van der Waals surface area contributed by atoms with Crippen molar-refractivity contribution < 1.29 is 14.3 Å². The van der Waals surface area contributed by atoms with Crippen molar-refractivity contribution in [1.29, 1.82) is 0 Å². The zero-order valence-corrected chi connectivity index (χ0v) is 17.1. The fourth-order valence-corrected chi connectivity index (χ4v) is 3.28. The van der Waals surface area contributed by atoms with E-state index in [4.69, 9.17) is 4.74 Å². The number of hydrogen-bond donors (Lipinski definition) is 2. The van der Waals surface area contributed by atoms with Crippen molar-refractivity contribution >= 4 is 23.2 Å². The summed E-state index contributed by atoms with van der Waals surface area (Å²) in [5.74, 6) is 0.626. The Morgan fingerprint density at radius 3 is 2.48 bits per heavy atom. The molecule has 2 N–H and O–H groups in total. The van der Waals surface area contributed by atoms with Gasteiger partial charge in [0.05, 0.1) is 5.56 Å². The summed E-state index contributed by atoms with van der Waals surface area (Å²) >= 11 is 0. The Morgan fingerprint density at radius 2 is 1.79 bits per heavy atom. The number of amides is 2. The Balaban J connectivity index is 1.70. The Morgan fingerprint density at radius 1 is 1.07 bits per heavy atom. The molecule has 0 aromatic heterocycles. The van der Waals surface area contributed by atoms with E-state index in [-0.39, 0.29) is 18.4 Å². The van der Waals surface area contributed by atoms with E-state index in [1.165, 1.54) is 0 Å². The van der Waals surface area contributed by atoms with Gasteiger partial charge in [0.15, 0.2) is 6.61 Å². The summed E-state index contributed by atoms with van der Waals surface area (Å²) in [6.45, 7) is 6.53. The van der Waals surface area contributed by atoms with E-state index in [9.17, 15) is 9.59 Å². The SMILES string of the molecule is CC(C)CNC(=O)c1cc(NC(=O)COc2ccccc2)ccc1N1CCCC1. The third-order valence-electron chi connectivity index (χ3n) is 4.76. The fourth-order valence-electron chi connectivity index (χ4n) is 3.28. The van der Waals surface area contributed by atoms with Gasteiger partial charge in [0.2, 0.25) is 0 Å². The number of carbonyl (C=O) groups is 2. The number of nitrogens with one attached hydrogen (secondary N) is 2. The molecule has 1 heterocycles. The van der Waals surface area contributed by atoms with Crippen LogP contribution in [-0.4, -0.2) is 38.1 Å². The number of anilines is 2. The molecule has 2 aromatic rings. The largest absolute Gasteiger partial charge is 0.484 e. The van der Waals surface area contributed by atoms with Crippen LogP contribution in [0.5, 0.6) is 5.75 Å². The number of ether oxygens (including phenoxy) is 1. The number of para-hydroxylation sites is 1. The van der Waals surface area contributed by atoms with Crippen molar-refractivity contribution in [2.24, 2.45) is 5.92 Å². The Hall–Kier alpha value is -3.02. The molecular formula is C23H29N3O3. The predicted octanol–water partition coefficient (Wildman–Crippen LogP) is 3.69. The predicted molar refractivity (Wildman–Crippen MR) is 116 cm³/mol. The average molecular weight is 396 g/mol. The molecule has 154 valence electrons. The fraction of sp³-hybridized carbons (Fsp3) is 0.391. The lowest BCUT2D eigenvalue weighted by molar-refractivity contribution is -0.118. The van der Waals surface area contributed by atoms with E-state index in [0.717, 1.165) is 31.6 Å². The van der Waals surface area contributed by atoms with Gasteiger partial charge in [-0.15, -0.1) is 0 Å². The maximum absolute atomic E-state index is 12.8. The minimum Gasteiger partial charge on any atom is -0.484 e. The first-order chi connectivity index (χ1) is 14.0. The maximum atomic E-state index is 12.8. The second kappa shape index (κ2) is 9.96. The molecule has 0 bridgehead atoms. The molecule has 0 atom stereocenters. The number of carbonyl (C=O) groups excluding carboxylic acids is 2. The molecule has 2 aromatic carbocycles. The molecule has 0 spiro atoms. The third kappa shape index (κ3) is 5.98. The van der Waals surface area contributed by atoms with Gasteiger partial charge in [0.25, 0.3) is 11.8 Å². The van der Waals surface area contributed by atoms with Crippen molar-refractivity contribution in [1.82, 2.24) is 5.32 Å². The van der Waals surface area contributed by atoms with E-state index < -0.39 is 0 Å². The quantitative estimate of drug-likeness (QED) is 0.715. The van der Waals surface area contributed by atoms with E-state index >= 15 is 0 Å². The highest BCUT2D eigenvalue weighted by Crippen LogP contribution is 2.27. The summed E-state index contributed by atoms with van der Waals surface area (Å²) in [6.07, 6.45) is 2.25. The highest BCUT2D eigenvalue weighted by atomic mass is 16.5. The standard InChI is InChI=1S/C23H29N3O3/c1-17(2)15-24-23(28)20-14-18(10-11-21(20)26-12-6-7-13-26)25-22(27)16-29-19-8-4-3-5-9-19/h3-5,8-11,14,17H,6-7,12-13,15-16H2,1-2H3,(H,24,28)(H,25,27). The summed E-state index contributed by atoms with van der Waals surface area (Å²) in [6, 6.07) is 14.7. The van der Waals surface area contributed by atoms with Crippen LogP contribution in [0.25, 0.3) is 0 Å². The minimum atomic E-state index is -0.267. The molecule has 6 nitrogen and oxygen atoms in total. The van der Waals surface area contributed by atoms with Crippen molar-refractivity contribution in [2.75, 3.05) is 36.5 Å². The van der Waals surface area contributed by atoms with Gasteiger partial charge in [0.1, 0.15) is 5.75 Å². The number of nitrogens with zero attached hydrogens (tertiary/aromatic N) is 1. The highest BCUT2D eigenvalue weighted by molar-refractivity contribution is 6.02. The number of rotatable bonds is 8. The topological polar surface area (TPSA) is 70.7 Å². The number of benzene rings is 2. The Labute approximate surface area is 172 Å². The van der Waals surface area contributed by atoms with Gasteiger partial charge in [-0.1, -0.05) is 32.0 Å². The number of hydrogen-bond acceptors (Lipinski definition) is 4. The van der Waals surface area contributed by atoms with Gasteiger partial charge in [-0.2, -0.15) is 0 Å². The van der Waals surface area contributed by atoms with Crippen LogP contribution >= 0.6 is 0 Å². The smallest absolute Gasteiger partial charge is 0.262 e. The van der Waals surface area contributed by atoms with Gasteiger partial charge in [-0.25, -0.2) is 0 Å². The lowest BCUT2D eigenvalue weighted by Crippen LogP contribution is -2.30. The summed E-state index contributed by atoms with van der Waals surface area (Å²) in [5, 5.41) is 5.81. The molecule has 0 radical (unpaired) electrons. The van der Waals surface area contributed by atoms with Crippen molar-refractivity contribution in [3.05, 3.63) is 54.1 Å². The molecular weight excluding hydrogens is 366 g/mol. The molecule has 1 aliphatic rings. The molecule has 0 saturated carbocycles. The first kappa shape index (κ1) is 20.7. The van der Waals surface area contributed by atoms with Crippen LogP contribution in [0.1, 0.15) is 37.0 Å². The highest BCUT2D eigenvalue weighted by Gasteiger charge is 2.20. The van der Waals surface area contributed by atoms with Gasteiger partial charge < -0.3 is 20.3 Å². The van der Waals surface area contributed by atoms with Gasteiger partial charge in [0, 0.05) is 31.0 Å². The molecule has 1 fully saturated rings. The van der Waals surface area contributed by atoms with Crippen LogP contribution in [0.15, 0.2) is 48.5 Å². The van der Waals surface area contributed by atoms with Crippen LogP contribution in [0, 0.1) is 5.92 Å². The Bertz CT molecular complexity index is 831. The second-order valence-electron chi connectivity index (χ2n) is 7.68. The molecule has 2 amide bonds. The van der Waals surface area contributed by atoms with Crippen LogP contribution in [0.3, 0.4) is 0 Å². The first-order valence-corrected chi connectivity index (χ1v) is 10.2. The average Bonchev–Trinajstić information content (AvgIpc) is 3.26. The van der Waals surface area contributed by atoms with Crippen molar-refractivity contribution in [2.45, 2.75) is 26.7 Å². The minimum absolute atomic E-state index is 0.0905. The maximum Gasteiger partial charge on any atom is 0.262 e. The van der Waals surface area contributed by atoms with Crippen LogP contribution in [-0.2, 0) is 4.79 Å². The van der Waals surface area contributed by atoms with Gasteiger partial charge in [-0.3, -0.25) is 9.59 Å². The zero-order valence-electron chi connectivity index (χ0n) is 17.1. The van der Waals surface area contributed by atoms with Crippen LogP contribution in [0.2, 0.25) is 0 Å². The second-order valence-corrected chi connectivity index (χ2v) is 7.68. The molecule has 1 saturated heterocycles. The van der Waals surface area contributed by atoms with Crippen LogP contribution in [0.4, 0.5) is 11.4 Å². The van der Waals surface area contributed by atoms with Crippen LogP contribution < -0.4 is 20.3 Å². The lowest BCUT2D eigenvalue weighted by atomic mass is 10.1. The van der Waals surface area contributed by atoms with Crippen molar-refractivity contribution in [3.63, 3.8) is 0 Å². The van der Waals surface area contributed by atoms with Gasteiger partial charge >= 0.3 is 0 Å². The Kier molecular flexibility index (Phi) is 7.11. The molecule has 6 heteroatoms. The third-order valence-corrected chi connectivity index (χ3v) is 4.76. The van der Waals surface area contributed by atoms with Gasteiger partial charge in [-0.05, 0) is 49.1 Å². The molecule has 3 rings (SSSR count). The molecule has 1 aliphatic heterocycles. The summed E-state index contributed by atoms with van der Waals surface area (Å²) in [7, 11) is 0. The molecule has 29 heavy (non-hydrogen) atoms. The molecule has 0 aliphatic carbocycles. The lowest BCUT2D eigenvalue weighted by Gasteiger charge is -2.22. The molecule has 0 unspecified atom stereocenters. The van der Waals surface area contributed by atoms with E-state index in [1.807, 2.05) is 30.3 Å². The summed E-state index contributed by atoms with van der Waals surface area (Å²) in [5.41, 5.74) is 2.10. The monoisotopic (exact) mass is 395 g/mol. The van der Waals surface area contributed by atoms with Crippen molar-refractivity contribution in [3.8, 4) is 5.75 Å².